The van der Waals surface area contributed by atoms with Gasteiger partial charge in [0.15, 0.2) is 0 Å². The van der Waals surface area contributed by atoms with E-state index in [4.69, 9.17) is 0 Å². The van der Waals surface area contributed by atoms with Crippen LogP contribution in [0.1, 0.15) is 27.9 Å². The molecule has 140 valence electrons. The number of hydrogen-bond acceptors (Lipinski definition) is 4. The van der Waals surface area contributed by atoms with Crippen LogP contribution in [0.25, 0.3) is 0 Å². The number of para-hydroxylation sites is 1. The number of hydrogen-bond donors (Lipinski definition) is 1. The molecule has 0 aliphatic carbocycles. The van der Waals surface area contributed by atoms with Crippen LogP contribution >= 0.6 is 0 Å². The molecule has 7 nitrogen and oxygen atoms in total. The molecule has 3 amide bonds. The Morgan fingerprint density at radius 3 is 2.22 bits per heavy atom. The minimum atomic E-state index is -0.601. The van der Waals surface area contributed by atoms with E-state index in [9.17, 15) is 18.8 Å². The number of amides is 3. The molecule has 1 fully saturated rings. The SMILES string of the molecule is CC(=O)N1CCN(C(=O)c2cccc(C(=O)Nc3ccccc3F)n2)CC1. The Morgan fingerprint density at radius 1 is 0.926 bits per heavy atom. The third-order valence-electron chi connectivity index (χ3n) is 4.34. The fraction of sp³-hybridized carbons (Fsp3) is 0.263. The molecule has 1 aliphatic heterocycles. The second kappa shape index (κ2) is 7.94. The number of piperazine rings is 1. The summed E-state index contributed by atoms with van der Waals surface area (Å²) in [4.78, 5) is 43.7. The van der Waals surface area contributed by atoms with E-state index in [1.54, 1.807) is 21.9 Å². The van der Waals surface area contributed by atoms with E-state index in [1.807, 2.05) is 0 Å². The van der Waals surface area contributed by atoms with Gasteiger partial charge in [-0.25, -0.2) is 9.37 Å². The molecule has 1 N–H and O–H groups in total. The van der Waals surface area contributed by atoms with Gasteiger partial charge >= 0.3 is 0 Å². The molecule has 2 heterocycles. The highest BCUT2D eigenvalue weighted by Crippen LogP contribution is 2.14. The summed E-state index contributed by atoms with van der Waals surface area (Å²) in [7, 11) is 0. The molecule has 0 atom stereocenters. The second-order valence-electron chi connectivity index (χ2n) is 6.14. The number of carbonyl (C=O) groups is 3. The van der Waals surface area contributed by atoms with Gasteiger partial charge < -0.3 is 15.1 Å². The molecule has 3 rings (SSSR count). The van der Waals surface area contributed by atoms with Crippen molar-refractivity contribution in [2.45, 2.75) is 6.92 Å². The zero-order valence-corrected chi connectivity index (χ0v) is 14.8. The molecule has 1 aromatic carbocycles. The maximum Gasteiger partial charge on any atom is 0.274 e. The molecular weight excluding hydrogens is 351 g/mol. The van der Waals surface area contributed by atoms with Crippen molar-refractivity contribution in [3.63, 3.8) is 0 Å². The lowest BCUT2D eigenvalue weighted by atomic mass is 10.2. The van der Waals surface area contributed by atoms with E-state index in [0.717, 1.165) is 0 Å². The Morgan fingerprint density at radius 2 is 1.56 bits per heavy atom. The highest BCUT2D eigenvalue weighted by atomic mass is 19.1. The zero-order chi connectivity index (χ0) is 19.4. The Hall–Kier alpha value is -3.29. The summed E-state index contributed by atoms with van der Waals surface area (Å²) in [6.45, 7) is 3.25. The van der Waals surface area contributed by atoms with E-state index in [2.05, 4.69) is 10.3 Å². The van der Waals surface area contributed by atoms with Crippen molar-refractivity contribution in [3.05, 3.63) is 59.7 Å². The molecule has 8 heteroatoms. The van der Waals surface area contributed by atoms with E-state index < -0.39 is 11.7 Å². The van der Waals surface area contributed by atoms with Gasteiger partial charge in [-0.2, -0.15) is 0 Å². The Kier molecular flexibility index (Phi) is 5.44. The van der Waals surface area contributed by atoms with Crippen molar-refractivity contribution in [2.75, 3.05) is 31.5 Å². The maximum atomic E-state index is 13.7. The van der Waals surface area contributed by atoms with Crippen LogP contribution in [0.4, 0.5) is 10.1 Å². The number of aromatic nitrogens is 1. The molecule has 2 aromatic rings. The number of pyridine rings is 1. The minimum Gasteiger partial charge on any atom is -0.339 e. The molecule has 0 radical (unpaired) electrons. The van der Waals surface area contributed by atoms with Crippen LogP contribution in [0.15, 0.2) is 42.5 Å². The van der Waals surface area contributed by atoms with Crippen LogP contribution in [0, 0.1) is 5.82 Å². The summed E-state index contributed by atoms with van der Waals surface area (Å²) in [6.07, 6.45) is 0. The first kappa shape index (κ1) is 18.5. The quantitative estimate of drug-likeness (QED) is 0.893. The lowest BCUT2D eigenvalue weighted by molar-refractivity contribution is -0.130. The number of rotatable bonds is 3. The van der Waals surface area contributed by atoms with Crippen molar-refractivity contribution in [2.24, 2.45) is 0 Å². The zero-order valence-electron chi connectivity index (χ0n) is 14.8. The maximum absolute atomic E-state index is 13.7. The Labute approximate surface area is 155 Å². The fourth-order valence-electron chi connectivity index (χ4n) is 2.82. The van der Waals surface area contributed by atoms with Gasteiger partial charge in [-0.1, -0.05) is 18.2 Å². The third kappa shape index (κ3) is 4.28. The molecule has 1 aliphatic rings. The minimum absolute atomic E-state index is 0.0199. The number of carbonyl (C=O) groups excluding carboxylic acids is 3. The average molecular weight is 370 g/mol. The molecule has 0 spiro atoms. The molecule has 0 bridgehead atoms. The molecule has 1 saturated heterocycles. The molecule has 0 unspecified atom stereocenters. The summed E-state index contributed by atoms with van der Waals surface area (Å²) < 4.78 is 13.7. The van der Waals surface area contributed by atoms with E-state index >= 15 is 0 Å². The fourth-order valence-corrected chi connectivity index (χ4v) is 2.82. The first-order chi connectivity index (χ1) is 13.0. The van der Waals surface area contributed by atoms with Gasteiger partial charge in [0.05, 0.1) is 5.69 Å². The third-order valence-corrected chi connectivity index (χ3v) is 4.34. The first-order valence-electron chi connectivity index (χ1n) is 8.53. The highest BCUT2D eigenvalue weighted by Gasteiger charge is 2.24. The van der Waals surface area contributed by atoms with Crippen LogP contribution in [-0.2, 0) is 4.79 Å². The summed E-state index contributed by atoms with van der Waals surface area (Å²) in [6, 6.07) is 10.4. The number of halogens is 1. The van der Waals surface area contributed by atoms with Crippen molar-refractivity contribution < 1.29 is 18.8 Å². The lowest BCUT2D eigenvalue weighted by Crippen LogP contribution is -2.50. The van der Waals surface area contributed by atoms with Crippen LogP contribution in [-0.4, -0.2) is 58.7 Å². The number of nitrogens with zero attached hydrogens (tertiary/aromatic N) is 3. The van der Waals surface area contributed by atoms with Crippen LogP contribution < -0.4 is 5.32 Å². The van der Waals surface area contributed by atoms with Crippen LogP contribution in [0.2, 0.25) is 0 Å². The summed E-state index contributed by atoms with van der Waals surface area (Å²) in [5.74, 6) is -1.48. The first-order valence-corrected chi connectivity index (χ1v) is 8.53. The van der Waals surface area contributed by atoms with Gasteiger partial charge in [0.2, 0.25) is 5.91 Å². The van der Waals surface area contributed by atoms with E-state index in [-0.39, 0.29) is 28.9 Å². The van der Waals surface area contributed by atoms with Gasteiger partial charge in [0.1, 0.15) is 17.2 Å². The van der Waals surface area contributed by atoms with Crippen molar-refractivity contribution in [1.82, 2.24) is 14.8 Å². The van der Waals surface area contributed by atoms with Gasteiger partial charge in [0, 0.05) is 33.1 Å². The van der Waals surface area contributed by atoms with E-state index in [1.165, 1.54) is 37.3 Å². The molecule has 0 saturated carbocycles. The van der Waals surface area contributed by atoms with Gasteiger partial charge in [-0.3, -0.25) is 14.4 Å². The van der Waals surface area contributed by atoms with Gasteiger partial charge in [-0.05, 0) is 24.3 Å². The largest absolute Gasteiger partial charge is 0.339 e. The number of anilines is 1. The average Bonchev–Trinajstić information content (AvgIpc) is 2.69. The monoisotopic (exact) mass is 370 g/mol. The van der Waals surface area contributed by atoms with Gasteiger partial charge in [0.25, 0.3) is 11.8 Å². The van der Waals surface area contributed by atoms with Crippen LogP contribution in [0.3, 0.4) is 0 Å². The molecule has 1 aromatic heterocycles. The van der Waals surface area contributed by atoms with Gasteiger partial charge in [-0.15, -0.1) is 0 Å². The normalized spacial score (nSPS) is 14.0. The smallest absolute Gasteiger partial charge is 0.274 e. The van der Waals surface area contributed by atoms with Crippen molar-refractivity contribution in [1.29, 1.82) is 0 Å². The molecule has 27 heavy (non-hydrogen) atoms. The lowest BCUT2D eigenvalue weighted by Gasteiger charge is -2.34. The standard InChI is InChI=1S/C19H19FN4O3/c1-13(25)23-9-11-24(12-10-23)19(27)17-8-4-7-16(21-17)18(26)22-15-6-3-2-5-14(15)20/h2-8H,9-12H2,1H3,(H,22,26). The summed E-state index contributed by atoms with van der Waals surface area (Å²) in [5, 5.41) is 2.44. The van der Waals surface area contributed by atoms with Crippen LogP contribution in [0.5, 0.6) is 0 Å². The number of benzene rings is 1. The summed E-state index contributed by atoms with van der Waals surface area (Å²) in [5.41, 5.74) is 0.195. The van der Waals surface area contributed by atoms with E-state index in [0.29, 0.717) is 26.2 Å². The second-order valence-corrected chi connectivity index (χ2v) is 6.14. The highest BCUT2D eigenvalue weighted by molar-refractivity contribution is 6.03. The predicted octanol–water partition coefficient (Wildman–Crippen LogP) is 1.78. The van der Waals surface area contributed by atoms with Crippen molar-refractivity contribution in [3.8, 4) is 0 Å². The number of nitrogens with one attached hydrogen (secondary N) is 1. The topological polar surface area (TPSA) is 82.6 Å². The summed E-state index contributed by atoms with van der Waals surface area (Å²) >= 11 is 0. The predicted molar refractivity (Wildman–Crippen MR) is 96.7 cm³/mol. The van der Waals surface area contributed by atoms with Crippen molar-refractivity contribution >= 4 is 23.4 Å². The Balaban J connectivity index is 1.70. The Bertz CT molecular complexity index is 879. The molecular formula is C19H19FN4O3.